The van der Waals surface area contributed by atoms with Crippen LogP contribution in [0, 0.1) is 23.2 Å². The number of phenols is 1. The maximum atomic E-state index is 13.3. The zero-order chi connectivity index (χ0) is 20.5. The Morgan fingerprint density at radius 1 is 1.21 bits per heavy atom. The normalized spacial score (nSPS) is 34.5. The van der Waals surface area contributed by atoms with Crippen LogP contribution in [0.5, 0.6) is 5.75 Å². The number of allylic oxidation sites excluding steroid dienone is 1. The lowest BCUT2D eigenvalue weighted by molar-refractivity contribution is -0.167. The molecule has 0 amide bonds. The van der Waals surface area contributed by atoms with E-state index in [1.165, 1.54) is 6.07 Å². The smallest absolute Gasteiger partial charge is 0.213 e. The highest BCUT2D eigenvalue weighted by atomic mass is 16.3. The molecule has 144 valence electrons. The average molecular weight is 381 g/mol. The molecule has 5 atom stereocenters. The Kier molecular flexibility index (Phi) is 3.80. The molecule has 0 aliphatic heterocycles. The minimum atomic E-state index is -2.62. The molecule has 0 bridgehead atoms. The van der Waals surface area contributed by atoms with Gasteiger partial charge in [-0.05, 0) is 30.9 Å². The van der Waals surface area contributed by atoms with Crippen LogP contribution in [0.25, 0.3) is 5.76 Å². The third-order valence-corrected chi connectivity index (χ3v) is 6.47. The van der Waals surface area contributed by atoms with E-state index in [0.29, 0.717) is 11.1 Å². The minimum absolute atomic E-state index is 0.0161. The Balaban J connectivity index is 2.00. The second-order valence-corrected chi connectivity index (χ2v) is 7.81. The van der Waals surface area contributed by atoms with Gasteiger partial charge in [0.25, 0.3) is 0 Å². The fourth-order valence-corrected chi connectivity index (χ4v) is 5.03. The fraction of sp³-hybridized carbons (Fsp3) is 0.381. The Morgan fingerprint density at radius 3 is 2.54 bits per heavy atom. The predicted octanol–water partition coefficient (Wildman–Crippen LogP) is 1.50. The lowest BCUT2D eigenvalue weighted by Gasteiger charge is -2.50. The summed E-state index contributed by atoms with van der Waals surface area (Å²) in [5, 5.41) is 52.5. The molecule has 1 saturated carbocycles. The van der Waals surface area contributed by atoms with E-state index in [-0.39, 0.29) is 28.9 Å². The van der Waals surface area contributed by atoms with Crippen LogP contribution in [0.1, 0.15) is 37.3 Å². The third kappa shape index (κ3) is 1.99. The molecular formula is C21H19NO6. The molecule has 3 aliphatic rings. The van der Waals surface area contributed by atoms with Crippen LogP contribution in [-0.2, 0) is 9.59 Å². The van der Waals surface area contributed by atoms with Crippen molar-refractivity contribution in [2.75, 3.05) is 0 Å². The summed E-state index contributed by atoms with van der Waals surface area (Å²) in [5.74, 6) is -5.28. The number of phenolic OH excluding ortho intramolecular Hbond substituents is 1. The summed E-state index contributed by atoms with van der Waals surface area (Å²) in [7, 11) is 0. The van der Waals surface area contributed by atoms with E-state index >= 15 is 0 Å². The molecule has 0 saturated heterocycles. The molecule has 0 spiro atoms. The SMILES string of the molecule is CC1=C(C#N)C(=O)[C@]2(O)C(=O)C3=C(O)c4c(O)cccc4[C@@H](C)[C@@H]3[C@@H](O)[C@@H]2C1. The summed E-state index contributed by atoms with van der Waals surface area (Å²) in [6.07, 6.45) is -1.29. The monoisotopic (exact) mass is 381 g/mol. The van der Waals surface area contributed by atoms with Gasteiger partial charge in [0.1, 0.15) is 17.6 Å². The summed E-state index contributed by atoms with van der Waals surface area (Å²) in [5.41, 5.74) is -2.17. The highest BCUT2D eigenvalue weighted by Crippen LogP contribution is 2.54. The van der Waals surface area contributed by atoms with E-state index in [9.17, 15) is 35.3 Å². The van der Waals surface area contributed by atoms with Gasteiger partial charge in [0.05, 0.1) is 17.2 Å². The number of aromatic hydroxyl groups is 1. The standard InChI is InChI=1S/C21H19NO6/c1-8-6-12-17(24)14-9(2)10-4-3-5-13(23)15(10)18(25)16(14)20(27)21(12,28)19(26)11(8)7-22/h3-5,9,12,14,17,23-25,28H,6H2,1-2H3/t9-,12+,14+,17+,21+/m1/s1. The van der Waals surface area contributed by atoms with Crippen molar-refractivity contribution < 1.29 is 30.0 Å². The van der Waals surface area contributed by atoms with Crippen LogP contribution in [0.4, 0.5) is 0 Å². The van der Waals surface area contributed by atoms with Crippen LogP contribution >= 0.6 is 0 Å². The molecule has 0 aromatic heterocycles. The lowest BCUT2D eigenvalue weighted by atomic mass is 9.55. The van der Waals surface area contributed by atoms with Gasteiger partial charge in [0, 0.05) is 17.4 Å². The van der Waals surface area contributed by atoms with E-state index in [2.05, 4.69) is 0 Å². The molecule has 28 heavy (non-hydrogen) atoms. The zero-order valence-corrected chi connectivity index (χ0v) is 15.3. The highest BCUT2D eigenvalue weighted by Gasteiger charge is 2.64. The van der Waals surface area contributed by atoms with Gasteiger partial charge in [-0.3, -0.25) is 9.59 Å². The van der Waals surface area contributed by atoms with Crippen LogP contribution in [0.15, 0.2) is 34.9 Å². The van der Waals surface area contributed by atoms with Gasteiger partial charge in [0.15, 0.2) is 5.60 Å². The molecule has 4 rings (SSSR count). The second kappa shape index (κ2) is 5.77. The zero-order valence-electron chi connectivity index (χ0n) is 15.3. The number of aliphatic hydroxyl groups excluding tert-OH is 2. The Hall–Kier alpha value is -2.95. The summed E-state index contributed by atoms with van der Waals surface area (Å²) in [6.45, 7) is 3.32. The number of benzene rings is 1. The van der Waals surface area contributed by atoms with Crippen molar-refractivity contribution in [3.8, 4) is 11.8 Å². The van der Waals surface area contributed by atoms with Crippen LogP contribution in [0.2, 0.25) is 0 Å². The number of nitriles is 1. The quantitative estimate of drug-likeness (QED) is 0.499. The summed E-state index contributed by atoms with van der Waals surface area (Å²) < 4.78 is 0. The molecule has 0 radical (unpaired) electrons. The molecular weight excluding hydrogens is 362 g/mol. The van der Waals surface area contributed by atoms with Crippen molar-refractivity contribution >= 4 is 17.3 Å². The molecule has 7 heteroatoms. The molecule has 0 heterocycles. The lowest BCUT2D eigenvalue weighted by Crippen LogP contribution is -2.65. The van der Waals surface area contributed by atoms with Gasteiger partial charge in [-0.15, -0.1) is 0 Å². The summed E-state index contributed by atoms with van der Waals surface area (Å²) >= 11 is 0. The van der Waals surface area contributed by atoms with Crippen molar-refractivity contribution in [2.24, 2.45) is 11.8 Å². The molecule has 4 N–H and O–H groups in total. The third-order valence-electron chi connectivity index (χ3n) is 6.47. The molecule has 1 aromatic carbocycles. The van der Waals surface area contributed by atoms with Gasteiger partial charge in [0.2, 0.25) is 11.6 Å². The number of ketones is 2. The maximum absolute atomic E-state index is 13.3. The van der Waals surface area contributed by atoms with E-state index in [4.69, 9.17) is 0 Å². The number of fused-ring (bicyclic) bond motifs is 3. The number of aliphatic hydroxyl groups is 3. The summed E-state index contributed by atoms with van der Waals surface area (Å²) in [4.78, 5) is 26.1. The molecule has 0 unspecified atom stereocenters. The van der Waals surface area contributed by atoms with E-state index in [0.717, 1.165) is 0 Å². The first-order valence-electron chi connectivity index (χ1n) is 9.01. The number of carbonyl (C=O) groups is 2. The molecule has 3 aliphatic carbocycles. The van der Waals surface area contributed by atoms with Crippen molar-refractivity contribution in [1.29, 1.82) is 5.26 Å². The largest absolute Gasteiger partial charge is 0.507 e. The van der Waals surface area contributed by atoms with Crippen molar-refractivity contribution in [3.63, 3.8) is 0 Å². The van der Waals surface area contributed by atoms with Gasteiger partial charge in [-0.2, -0.15) is 5.26 Å². The predicted molar refractivity (Wildman–Crippen MR) is 97.0 cm³/mol. The molecule has 1 aromatic rings. The van der Waals surface area contributed by atoms with Crippen LogP contribution in [0.3, 0.4) is 0 Å². The second-order valence-electron chi connectivity index (χ2n) is 7.81. The Bertz CT molecular complexity index is 1050. The van der Waals surface area contributed by atoms with E-state index in [1.807, 2.05) is 0 Å². The first-order chi connectivity index (χ1) is 13.2. The Morgan fingerprint density at radius 2 is 1.89 bits per heavy atom. The number of rotatable bonds is 0. The number of hydrogen-bond donors (Lipinski definition) is 4. The van der Waals surface area contributed by atoms with Gasteiger partial charge in [-0.1, -0.05) is 24.6 Å². The average Bonchev–Trinajstić information content (AvgIpc) is 2.65. The summed E-state index contributed by atoms with van der Waals surface area (Å²) in [6, 6.07) is 6.38. The van der Waals surface area contributed by atoms with Gasteiger partial charge in [-0.25, -0.2) is 0 Å². The van der Waals surface area contributed by atoms with Gasteiger partial charge < -0.3 is 20.4 Å². The van der Waals surface area contributed by atoms with Gasteiger partial charge >= 0.3 is 0 Å². The van der Waals surface area contributed by atoms with Crippen molar-refractivity contribution in [3.05, 3.63) is 46.0 Å². The fourth-order valence-electron chi connectivity index (χ4n) is 5.03. The molecule has 1 fully saturated rings. The molecule has 7 nitrogen and oxygen atoms in total. The maximum Gasteiger partial charge on any atom is 0.213 e. The highest BCUT2D eigenvalue weighted by molar-refractivity contribution is 6.26. The Labute approximate surface area is 160 Å². The topological polar surface area (TPSA) is 139 Å². The van der Waals surface area contributed by atoms with Crippen molar-refractivity contribution in [2.45, 2.75) is 37.9 Å². The van der Waals surface area contributed by atoms with Crippen LogP contribution in [-0.4, -0.2) is 43.7 Å². The first kappa shape index (κ1) is 18.4. The number of hydrogen-bond acceptors (Lipinski definition) is 7. The first-order valence-corrected chi connectivity index (χ1v) is 9.01. The van der Waals surface area contributed by atoms with E-state index in [1.54, 1.807) is 32.0 Å². The van der Waals surface area contributed by atoms with Crippen LogP contribution < -0.4 is 0 Å². The number of nitrogens with zero attached hydrogens (tertiary/aromatic N) is 1. The minimum Gasteiger partial charge on any atom is -0.507 e. The number of Topliss-reactive ketones (excluding diaryl/α,β-unsaturated/α-hetero) is 2. The van der Waals surface area contributed by atoms with Crippen molar-refractivity contribution in [1.82, 2.24) is 0 Å². The number of carbonyl (C=O) groups excluding carboxylic acids is 2. The van der Waals surface area contributed by atoms with E-state index < -0.39 is 46.8 Å².